The number of anilines is 1. The molecule has 0 heterocycles. The lowest BCUT2D eigenvalue weighted by Crippen LogP contribution is -2.29. The van der Waals surface area contributed by atoms with Crippen molar-refractivity contribution in [3.63, 3.8) is 0 Å². The van der Waals surface area contributed by atoms with Crippen LogP contribution in [-0.4, -0.2) is 24.2 Å². The summed E-state index contributed by atoms with van der Waals surface area (Å²) >= 11 is 11.3. The largest absolute Gasteiger partial charge is 0.466 e. The van der Waals surface area contributed by atoms with Crippen LogP contribution in [-0.2, 0) is 9.53 Å². The van der Waals surface area contributed by atoms with Crippen LogP contribution in [0.15, 0.2) is 18.2 Å². The minimum atomic E-state index is -0.185. The van der Waals surface area contributed by atoms with Gasteiger partial charge in [-0.1, -0.05) is 17.7 Å². The maximum Gasteiger partial charge on any atom is 0.305 e. The lowest BCUT2D eigenvalue weighted by Gasteiger charge is -2.12. The molecule has 1 aromatic carbocycles. The zero-order valence-electron chi connectivity index (χ0n) is 11.7. The van der Waals surface area contributed by atoms with Gasteiger partial charge in [-0.25, -0.2) is 0 Å². The predicted molar refractivity (Wildman–Crippen MR) is 86.3 cm³/mol. The number of esters is 1. The van der Waals surface area contributed by atoms with Gasteiger partial charge >= 0.3 is 5.97 Å². The fraction of sp³-hybridized carbons (Fsp3) is 0.429. The van der Waals surface area contributed by atoms with E-state index in [1.807, 2.05) is 25.1 Å². The standard InChI is InChI=1S/C14H19ClN2O2S/c1-3-19-13(18)5-4-8-16-14(20)17-12-7-6-10(2)9-11(12)15/h6-7,9H,3-5,8H2,1-2H3,(H2,16,17,20). The number of hydrogen-bond acceptors (Lipinski definition) is 3. The zero-order chi connectivity index (χ0) is 15.0. The lowest BCUT2D eigenvalue weighted by molar-refractivity contribution is -0.143. The number of benzene rings is 1. The van der Waals surface area contributed by atoms with Crippen molar-refractivity contribution in [2.24, 2.45) is 0 Å². The second-order valence-electron chi connectivity index (χ2n) is 4.27. The van der Waals surface area contributed by atoms with Gasteiger partial charge in [-0.3, -0.25) is 4.79 Å². The van der Waals surface area contributed by atoms with Crippen LogP contribution in [0.4, 0.5) is 5.69 Å². The zero-order valence-corrected chi connectivity index (χ0v) is 13.2. The number of hydrogen-bond donors (Lipinski definition) is 2. The third kappa shape index (κ3) is 6.21. The number of halogens is 1. The molecule has 1 aromatic rings. The minimum Gasteiger partial charge on any atom is -0.466 e. The molecule has 0 radical (unpaired) electrons. The fourth-order valence-corrected chi connectivity index (χ4v) is 2.05. The van der Waals surface area contributed by atoms with E-state index in [2.05, 4.69) is 10.6 Å². The van der Waals surface area contributed by atoms with Gasteiger partial charge in [0, 0.05) is 13.0 Å². The van der Waals surface area contributed by atoms with E-state index in [4.69, 9.17) is 28.6 Å². The molecule has 0 saturated heterocycles. The molecule has 0 atom stereocenters. The smallest absolute Gasteiger partial charge is 0.305 e. The van der Waals surface area contributed by atoms with Crippen molar-refractivity contribution in [2.45, 2.75) is 26.7 Å². The Morgan fingerprint density at radius 3 is 2.85 bits per heavy atom. The second-order valence-corrected chi connectivity index (χ2v) is 5.09. The quantitative estimate of drug-likeness (QED) is 0.479. The fourth-order valence-electron chi connectivity index (χ4n) is 1.56. The molecule has 2 N–H and O–H groups in total. The molecular weight excluding hydrogens is 296 g/mol. The Kier molecular flexibility index (Phi) is 7.33. The SMILES string of the molecule is CCOC(=O)CCCNC(=S)Nc1ccc(C)cc1Cl. The van der Waals surface area contributed by atoms with Crippen molar-refractivity contribution in [3.05, 3.63) is 28.8 Å². The molecule has 0 amide bonds. The highest BCUT2D eigenvalue weighted by atomic mass is 35.5. The number of rotatable bonds is 6. The normalized spacial score (nSPS) is 9.95. The third-order valence-electron chi connectivity index (χ3n) is 2.52. The number of thiocarbonyl (C=S) groups is 1. The van der Waals surface area contributed by atoms with Crippen molar-refractivity contribution >= 4 is 40.6 Å². The van der Waals surface area contributed by atoms with Crippen molar-refractivity contribution in [1.82, 2.24) is 5.32 Å². The number of ether oxygens (including phenoxy) is 1. The van der Waals surface area contributed by atoms with Crippen LogP contribution in [0.25, 0.3) is 0 Å². The van der Waals surface area contributed by atoms with E-state index in [-0.39, 0.29) is 5.97 Å². The molecule has 0 aliphatic rings. The van der Waals surface area contributed by atoms with Gasteiger partial charge in [-0.15, -0.1) is 0 Å². The highest BCUT2D eigenvalue weighted by Gasteiger charge is 2.04. The maximum absolute atomic E-state index is 11.1. The van der Waals surface area contributed by atoms with E-state index in [1.165, 1.54) is 0 Å². The summed E-state index contributed by atoms with van der Waals surface area (Å²) < 4.78 is 4.84. The van der Waals surface area contributed by atoms with Crippen molar-refractivity contribution < 1.29 is 9.53 Å². The van der Waals surface area contributed by atoms with Crippen LogP contribution in [0.5, 0.6) is 0 Å². The molecule has 20 heavy (non-hydrogen) atoms. The van der Waals surface area contributed by atoms with Gasteiger partial charge in [0.25, 0.3) is 0 Å². The van der Waals surface area contributed by atoms with E-state index < -0.39 is 0 Å². The first-order valence-electron chi connectivity index (χ1n) is 6.49. The molecule has 110 valence electrons. The van der Waals surface area contributed by atoms with Gasteiger partial charge in [-0.2, -0.15) is 0 Å². The molecular formula is C14H19ClN2O2S. The molecule has 0 fully saturated rings. The summed E-state index contributed by atoms with van der Waals surface area (Å²) in [6.07, 6.45) is 1.05. The monoisotopic (exact) mass is 314 g/mol. The topological polar surface area (TPSA) is 50.4 Å². The summed E-state index contributed by atoms with van der Waals surface area (Å²) in [5.74, 6) is -0.185. The molecule has 1 rings (SSSR count). The van der Waals surface area contributed by atoms with E-state index in [9.17, 15) is 4.79 Å². The van der Waals surface area contributed by atoms with Crippen molar-refractivity contribution in [1.29, 1.82) is 0 Å². The van der Waals surface area contributed by atoms with Gasteiger partial charge in [0.15, 0.2) is 5.11 Å². The summed E-state index contributed by atoms with van der Waals surface area (Å²) in [7, 11) is 0. The molecule has 6 heteroatoms. The molecule has 0 aliphatic carbocycles. The van der Waals surface area contributed by atoms with Gasteiger partial charge < -0.3 is 15.4 Å². The number of carbonyl (C=O) groups is 1. The number of aryl methyl sites for hydroxylation is 1. The van der Waals surface area contributed by atoms with Gasteiger partial charge in [0.05, 0.1) is 17.3 Å². The Morgan fingerprint density at radius 2 is 2.20 bits per heavy atom. The summed E-state index contributed by atoms with van der Waals surface area (Å²) in [6.45, 7) is 4.79. The van der Waals surface area contributed by atoms with Crippen LogP contribution in [0.1, 0.15) is 25.3 Å². The minimum absolute atomic E-state index is 0.185. The summed E-state index contributed by atoms with van der Waals surface area (Å²) in [4.78, 5) is 11.1. The number of carbonyl (C=O) groups excluding carboxylic acids is 1. The van der Waals surface area contributed by atoms with Crippen LogP contribution in [0, 0.1) is 6.92 Å². The first-order chi connectivity index (χ1) is 9.52. The van der Waals surface area contributed by atoms with Gasteiger partial charge in [0.2, 0.25) is 0 Å². The molecule has 0 saturated carbocycles. The van der Waals surface area contributed by atoms with E-state index >= 15 is 0 Å². The van der Waals surface area contributed by atoms with Crippen molar-refractivity contribution in [3.8, 4) is 0 Å². The number of nitrogens with one attached hydrogen (secondary N) is 2. The highest BCUT2D eigenvalue weighted by molar-refractivity contribution is 7.80. The van der Waals surface area contributed by atoms with Crippen LogP contribution < -0.4 is 10.6 Å². The van der Waals surface area contributed by atoms with E-state index in [0.717, 1.165) is 11.3 Å². The molecule has 0 aromatic heterocycles. The van der Waals surface area contributed by atoms with Crippen molar-refractivity contribution in [2.75, 3.05) is 18.5 Å². The maximum atomic E-state index is 11.1. The summed E-state index contributed by atoms with van der Waals surface area (Å²) in [5, 5.41) is 7.16. The van der Waals surface area contributed by atoms with Crippen LogP contribution in [0.2, 0.25) is 5.02 Å². The van der Waals surface area contributed by atoms with E-state index in [0.29, 0.717) is 36.1 Å². The van der Waals surface area contributed by atoms with Gasteiger partial charge in [-0.05, 0) is 50.2 Å². The average molecular weight is 315 g/mol. The summed E-state index contributed by atoms with van der Waals surface area (Å²) in [5.41, 5.74) is 1.86. The van der Waals surface area contributed by atoms with Crippen LogP contribution >= 0.6 is 23.8 Å². The Bertz CT molecular complexity index is 480. The average Bonchev–Trinajstić information content (AvgIpc) is 2.38. The highest BCUT2D eigenvalue weighted by Crippen LogP contribution is 2.22. The second kappa shape index (κ2) is 8.76. The first-order valence-corrected chi connectivity index (χ1v) is 7.28. The molecule has 0 bridgehead atoms. The Hall–Kier alpha value is -1.33. The van der Waals surface area contributed by atoms with Crippen LogP contribution in [0.3, 0.4) is 0 Å². The third-order valence-corrected chi connectivity index (χ3v) is 3.08. The molecule has 0 unspecified atom stereocenters. The Labute approximate surface area is 129 Å². The first kappa shape index (κ1) is 16.7. The molecule has 0 spiro atoms. The van der Waals surface area contributed by atoms with Gasteiger partial charge in [0.1, 0.15) is 0 Å². The Morgan fingerprint density at radius 1 is 1.45 bits per heavy atom. The predicted octanol–water partition coefficient (Wildman–Crippen LogP) is 3.28. The Balaban J connectivity index is 2.28. The molecule has 0 aliphatic heterocycles. The molecule has 4 nitrogen and oxygen atoms in total. The summed E-state index contributed by atoms with van der Waals surface area (Å²) in [6, 6.07) is 5.70. The van der Waals surface area contributed by atoms with E-state index in [1.54, 1.807) is 6.92 Å². The lowest BCUT2D eigenvalue weighted by atomic mass is 10.2.